The van der Waals surface area contributed by atoms with E-state index in [0.717, 1.165) is 22.3 Å². The maximum absolute atomic E-state index is 14.6. The normalized spacial score (nSPS) is 14.9. The first kappa shape index (κ1) is 33.3. The molecule has 3 aromatic carbocycles. The Kier molecular flexibility index (Phi) is 11.2. The van der Waals surface area contributed by atoms with E-state index < -0.39 is 10.0 Å². The maximum atomic E-state index is 14.6. The van der Waals surface area contributed by atoms with E-state index in [4.69, 9.17) is 9.47 Å². The lowest BCUT2D eigenvalue weighted by Gasteiger charge is -2.39. The smallest absolute Gasteiger partial charge is 0.410 e. The number of pyridine rings is 1. The van der Waals surface area contributed by atoms with Crippen LogP contribution in [0.1, 0.15) is 11.1 Å². The van der Waals surface area contributed by atoms with Gasteiger partial charge in [0.15, 0.2) is 0 Å². The van der Waals surface area contributed by atoms with Gasteiger partial charge < -0.3 is 19.3 Å². The van der Waals surface area contributed by atoms with Crippen LogP contribution in [0.15, 0.2) is 96.2 Å². The predicted octanol–water partition coefficient (Wildman–Crippen LogP) is 4.36. The number of methoxy groups -OCH3 is 1. The first-order chi connectivity index (χ1) is 22.2. The minimum Gasteiger partial charge on any atom is -0.497 e. The standard InChI is InChI=1S/C35H43N5O5S/c1-37(2)18-23-40(46(42,43)34-11-7-10-30-25-36-17-16-33(30)34)31(24-28-12-14-32(44-3)15-13-28)26-38-19-21-39(22-20-38)35(41)45-27-29-8-5-4-6-9-29/h4-17,25,31H,18-24,26-27H2,1-3H3. The molecule has 1 amide bonds. The summed E-state index contributed by atoms with van der Waals surface area (Å²) in [7, 11) is 1.60. The summed E-state index contributed by atoms with van der Waals surface area (Å²) in [5.41, 5.74) is 1.96. The zero-order chi connectivity index (χ0) is 32.5. The quantitative estimate of drug-likeness (QED) is 0.212. The number of fused-ring (bicyclic) bond motifs is 1. The van der Waals surface area contributed by atoms with Crippen LogP contribution >= 0.6 is 0 Å². The third-order valence-corrected chi connectivity index (χ3v) is 10.3. The van der Waals surface area contributed by atoms with Gasteiger partial charge >= 0.3 is 6.09 Å². The molecule has 1 atom stereocenters. The number of hydrogen-bond donors (Lipinski definition) is 0. The van der Waals surface area contributed by atoms with Crippen molar-refractivity contribution in [2.75, 3.05) is 67.0 Å². The third-order valence-electron chi connectivity index (χ3n) is 8.34. The molecule has 0 spiro atoms. The first-order valence-corrected chi connectivity index (χ1v) is 17.0. The summed E-state index contributed by atoms with van der Waals surface area (Å²) in [6, 6.07) is 24.2. The van der Waals surface area contributed by atoms with Crippen molar-refractivity contribution in [3.63, 3.8) is 0 Å². The largest absolute Gasteiger partial charge is 0.497 e. The lowest BCUT2D eigenvalue weighted by molar-refractivity contribution is 0.0663. The summed E-state index contributed by atoms with van der Waals surface area (Å²) in [4.78, 5) is 23.3. The Labute approximate surface area is 272 Å². The van der Waals surface area contributed by atoms with E-state index in [-0.39, 0.29) is 23.6 Å². The second-order valence-corrected chi connectivity index (χ2v) is 13.7. The van der Waals surface area contributed by atoms with Gasteiger partial charge in [-0.1, -0.05) is 54.6 Å². The number of aromatic nitrogens is 1. The van der Waals surface area contributed by atoms with Crippen LogP contribution in [-0.2, 0) is 27.8 Å². The molecule has 0 saturated carbocycles. The van der Waals surface area contributed by atoms with Gasteiger partial charge in [-0.15, -0.1) is 0 Å². The van der Waals surface area contributed by atoms with Crippen LogP contribution in [0.25, 0.3) is 10.8 Å². The average molecular weight is 646 g/mol. The van der Waals surface area contributed by atoms with Crippen LogP contribution in [0.5, 0.6) is 5.75 Å². The number of nitrogens with zero attached hydrogens (tertiary/aromatic N) is 5. The summed E-state index contributed by atoms with van der Waals surface area (Å²) >= 11 is 0. The van der Waals surface area contributed by atoms with Crippen molar-refractivity contribution in [3.05, 3.63) is 102 Å². The highest BCUT2D eigenvalue weighted by molar-refractivity contribution is 7.89. The number of piperazine rings is 1. The molecule has 1 fully saturated rings. The topological polar surface area (TPSA) is 95.5 Å². The van der Waals surface area contributed by atoms with Crippen molar-refractivity contribution in [3.8, 4) is 5.75 Å². The SMILES string of the molecule is COc1ccc(CC(CN2CCN(C(=O)OCc3ccccc3)CC2)N(CCN(C)C)S(=O)(=O)c2cccc3cnccc23)cc1. The van der Waals surface area contributed by atoms with Crippen LogP contribution in [0.3, 0.4) is 0 Å². The van der Waals surface area contributed by atoms with Crippen molar-refractivity contribution >= 4 is 26.9 Å². The molecule has 2 heterocycles. The summed E-state index contributed by atoms with van der Waals surface area (Å²) in [6.07, 6.45) is 3.50. The molecular weight excluding hydrogens is 602 g/mol. The van der Waals surface area contributed by atoms with E-state index in [2.05, 4.69) is 9.88 Å². The molecule has 1 aliphatic rings. The zero-order valence-corrected chi connectivity index (χ0v) is 27.6. The van der Waals surface area contributed by atoms with Gasteiger partial charge in [-0.2, -0.15) is 4.31 Å². The first-order valence-electron chi connectivity index (χ1n) is 15.5. The van der Waals surface area contributed by atoms with E-state index in [0.29, 0.717) is 57.6 Å². The number of benzene rings is 3. The third kappa shape index (κ3) is 8.41. The second kappa shape index (κ2) is 15.5. The van der Waals surface area contributed by atoms with Gasteiger partial charge in [0.25, 0.3) is 0 Å². The molecule has 1 saturated heterocycles. The molecule has 1 aromatic heterocycles. The van der Waals surface area contributed by atoms with E-state index >= 15 is 0 Å². The molecule has 11 heteroatoms. The highest BCUT2D eigenvalue weighted by atomic mass is 32.2. The van der Waals surface area contributed by atoms with Crippen LogP contribution in [0, 0.1) is 0 Å². The number of carbonyl (C=O) groups excluding carboxylic acids is 1. The zero-order valence-electron chi connectivity index (χ0n) is 26.8. The van der Waals surface area contributed by atoms with Crippen LogP contribution in [0.2, 0.25) is 0 Å². The predicted molar refractivity (Wildman–Crippen MR) is 179 cm³/mol. The van der Waals surface area contributed by atoms with Gasteiger partial charge in [0.1, 0.15) is 12.4 Å². The Bertz CT molecular complexity index is 1670. The van der Waals surface area contributed by atoms with Gasteiger partial charge in [0, 0.05) is 75.0 Å². The Balaban J connectivity index is 1.38. The fourth-order valence-corrected chi connectivity index (χ4v) is 7.58. The molecule has 46 heavy (non-hydrogen) atoms. The van der Waals surface area contributed by atoms with Gasteiger partial charge in [-0.05, 0) is 55.9 Å². The van der Waals surface area contributed by atoms with Gasteiger partial charge in [0.2, 0.25) is 10.0 Å². The summed E-state index contributed by atoms with van der Waals surface area (Å²) < 4.78 is 41.9. The minimum absolute atomic E-state index is 0.229. The summed E-state index contributed by atoms with van der Waals surface area (Å²) in [5, 5.41) is 1.43. The minimum atomic E-state index is -3.92. The number of amides is 1. The average Bonchev–Trinajstić information content (AvgIpc) is 3.07. The van der Waals surface area contributed by atoms with Crippen molar-refractivity contribution in [1.82, 2.24) is 24.0 Å². The number of carbonyl (C=O) groups is 1. The highest BCUT2D eigenvalue weighted by Gasteiger charge is 2.35. The van der Waals surface area contributed by atoms with E-state index in [1.54, 1.807) is 46.9 Å². The molecule has 244 valence electrons. The number of hydrogen-bond acceptors (Lipinski definition) is 8. The van der Waals surface area contributed by atoms with Crippen molar-refractivity contribution < 1.29 is 22.7 Å². The Morgan fingerprint density at radius 3 is 2.33 bits per heavy atom. The van der Waals surface area contributed by atoms with Crippen LogP contribution in [-0.4, -0.2) is 112 Å². The molecule has 0 N–H and O–H groups in total. The van der Waals surface area contributed by atoms with Gasteiger partial charge in [-0.25, -0.2) is 13.2 Å². The number of likely N-dealkylation sites (N-methyl/N-ethyl adjacent to an activating group) is 1. The van der Waals surface area contributed by atoms with E-state index in [1.807, 2.05) is 79.7 Å². The summed E-state index contributed by atoms with van der Waals surface area (Å²) in [5.74, 6) is 0.747. The van der Waals surface area contributed by atoms with Gasteiger partial charge in [-0.3, -0.25) is 9.88 Å². The molecule has 1 unspecified atom stereocenters. The molecule has 1 aliphatic heterocycles. The van der Waals surface area contributed by atoms with Crippen LogP contribution < -0.4 is 4.74 Å². The fourth-order valence-electron chi connectivity index (χ4n) is 5.75. The van der Waals surface area contributed by atoms with Crippen LogP contribution in [0.4, 0.5) is 4.79 Å². The second-order valence-electron chi connectivity index (χ2n) is 11.8. The molecule has 4 aromatic rings. The monoisotopic (exact) mass is 645 g/mol. The molecule has 10 nitrogen and oxygen atoms in total. The molecule has 0 bridgehead atoms. The molecule has 0 aliphatic carbocycles. The Morgan fingerprint density at radius 2 is 1.63 bits per heavy atom. The summed E-state index contributed by atoms with van der Waals surface area (Å²) in [6.45, 7) is 3.86. The molecule has 0 radical (unpaired) electrons. The lowest BCUT2D eigenvalue weighted by atomic mass is 10.0. The highest BCUT2D eigenvalue weighted by Crippen LogP contribution is 2.28. The van der Waals surface area contributed by atoms with E-state index in [1.165, 1.54) is 0 Å². The van der Waals surface area contributed by atoms with Gasteiger partial charge in [0.05, 0.1) is 12.0 Å². The number of rotatable bonds is 13. The Hall–Kier alpha value is -4.03. The molecular formula is C35H43N5O5S. The number of ether oxygens (including phenoxy) is 2. The maximum Gasteiger partial charge on any atom is 0.410 e. The van der Waals surface area contributed by atoms with Crippen molar-refractivity contribution in [2.24, 2.45) is 0 Å². The fraction of sp³-hybridized carbons (Fsp3) is 0.371. The van der Waals surface area contributed by atoms with Crippen molar-refractivity contribution in [2.45, 2.75) is 24.0 Å². The van der Waals surface area contributed by atoms with E-state index in [9.17, 15) is 13.2 Å². The number of sulfonamides is 1. The lowest BCUT2D eigenvalue weighted by Crippen LogP contribution is -2.55. The molecule has 5 rings (SSSR count). The van der Waals surface area contributed by atoms with Crippen molar-refractivity contribution in [1.29, 1.82) is 0 Å². The Morgan fingerprint density at radius 1 is 0.891 bits per heavy atom.